The summed E-state index contributed by atoms with van der Waals surface area (Å²) in [5.74, 6) is -0.168. The number of fused-ring (bicyclic) bond motifs is 1. The van der Waals surface area contributed by atoms with Crippen molar-refractivity contribution in [3.63, 3.8) is 0 Å². The van der Waals surface area contributed by atoms with Crippen molar-refractivity contribution in [1.29, 1.82) is 5.26 Å². The number of pyridine rings is 1. The van der Waals surface area contributed by atoms with Crippen molar-refractivity contribution in [2.24, 2.45) is 0 Å². The van der Waals surface area contributed by atoms with E-state index in [2.05, 4.69) is 6.07 Å². The number of sulfonamides is 1. The highest BCUT2D eigenvalue weighted by atomic mass is 32.2. The van der Waals surface area contributed by atoms with E-state index in [1.54, 1.807) is 12.1 Å². The summed E-state index contributed by atoms with van der Waals surface area (Å²) in [6.07, 6.45) is 2.81. The first-order valence-electron chi connectivity index (χ1n) is 8.81. The van der Waals surface area contributed by atoms with E-state index in [1.807, 2.05) is 35.7 Å². The second-order valence-electron chi connectivity index (χ2n) is 6.70. The maximum absolute atomic E-state index is 13.2. The Hall–Kier alpha value is -2.95. The van der Waals surface area contributed by atoms with Gasteiger partial charge in [0, 0.05) is 44.4 Å². The van der Waals surface area contributed by atoms with Crippen LogP contribution in [-0.2, 0) is 16.4 Å². The number of rotatable bonds is 6. The minimum absolute atomic E-state index is 0.141. The van der Waals surface area contributed by atoms with Crippen LogP contribution in [0.1, 0.15) is 33.6 Å². The quantitative estimate of drug-likeness (QED) is 0.600. The van der Waals surface area contributed by atoms with Gasteiger partial charge in [0.15, 0.2) is 5.78 Å². The molecule has 0 saturated carbocycles. The summed E-state index contributed by atoms with van der Waals surface area (Å²) in [4.78, 5) is 13.4. The number of nitrogens with zero attached hydrogens (tertiary/aromatic N) is 3. The number of aromatic nitrogens is 1. The van der Waals surface area contributed by atoms with Gasteiger partial charge in [-0.25, -0.2) is 12.7 Å². The van der Waals surface area contributed by atoms with Crippen molar-refractivity contribution in [3.05, 3.63) is 71.0 Å². The van der Waals surface area contributed by atoms with Crippen molar-refractivity contribution >= 4 is 21.3 Å². The molecule has 7 heteroatoms. The van der Waals surface area contributed by atoms with Gasteiger partial charge in [-0.3, -0.25) is 4.79 Å². The number of hydrogen-bond acceptors (Lipinski definition) is 4. The number of hydrogen-bond donors (Lipinski definition) is 0. The van der Waals surface area contributed by atoms with Crippen LogP contribution in [0.25, 0.3) is 5.52 Å². The average molecular weight is 395 g/mol. The van der Waals surface area contributed by atoms with Crippen molar-refractivity contribution < 1.29 is 13.2 Å². The third-order valence-electron chi connectivity index (χ3n) is 4.81. The fourth-order valence-corrected chi connectivity index (χ4v) is 4.20. The minimum atomic E-state index is -3.55. The van der Waals surface area contributed by atoms with Crippen molar-refractivity contribution in [2.45, 2.75) is 24.7 Å². The van der Waals surface area contributed by atoms with Gasteiger partial charge in [0.25, 0.3) is 0 Å². The normalized spacial score (nSPS) is 11.7. The van der Waals surface area contributed by atoms with Gasteiger partial charge in [-0.1, -0.05) is 6.07 Å². The lowest BCUT2D eigenvalue weighted by molar-refractivity contribution is 0.103. The molecular weight excluding hydrogens is 374 g/mol. The highest BCUT2D eigenvalue weighted by Gasteiger charge is 2.22. The zero-order valence-corrected chi connectivity index (χ0v) is 16.8. The molecule has 144 valence electrons. The average Bonchev–Trinajstić information content (AvgIpc) is 2.97. The van der Waals surface area contributed by atoms with Crippen LogP contribution in [0.3, 0.4) is 0 Å². The Kier molecular flexibility index (Phi) is 5.36. The predicted molar refractivity (Wildman–Crippen MR) is 107 cm³/mol. The van der Waals surface area contributed by atoms with Crippen LogP contribution in [0.4, 0.5) is 0 Å². The molecule has 28 heavy (non-hydrogen) atoms. The molecule has 0 N–H and O–H groups in total. The van der Waals surface area contributed by atoms with Gasteiger partial charge in [0.2, 0.25) is 10.0 Å². The summed E-state index contributed by atoms with van der Waals surface area (Å²) in [7, 11) is -0.613. The van der Waals surface area contributed by atoms with Gasteiger partial charge in [-0.2, -0.15) is 5.26 Å². The molecule has 0 radical (unpaired) electrons. The first-order chi connectivity index (χ1) is 13.3. The molecule has 2 aromatic heterocycles. The van der Waals surface area contributed by atoms with Crippen molar-refractivity contribution in [2.75, 3.05) is 14.1 Å². The monoisotopic (exact) mass is 395 g/mol. The summed E-state index contributed by atoms with van der Waals surface area (Å²) < 4.78 is 27.5. The fourth-order valence-electron chi connectivity index (χ4n) is 3.30. The molecule has 2 heterocycles. The van der Waals surface area contributed by atoms with Crippen molar-refractivity contribution in [1.82, 2.24) is 8.71 Å². The van der Waals surface area contributed by atoms with Crippen LogP contribution >= 0.6 is 0 Å². The summed E-state index contributed by atoms with van der Waals surface area (Å²) in [6, 6.07) is 13.8. The first-order valence-corrected chi connectivity index (χ1v) is 10.3. The summed E-state index contributed by atoms with van der Waals surface area (Å²) in [6.45, 7) is 1.89. The molecule has 0 spiro atoms. The highest BCUT2D eigenvalue weighted by Crippen LogP contribution is 2.27. The van der Waals surface area contributed by atoms with Gasteiger partial charge in [0.05, 0.1) is 22.0 Å². The second kappa shape index (κ2) is 7.58. The minimum Gasteiger partial charge on any atom is -0.320 e. The third-order valence-corrected chi connectivity index (χ3v) is 6.64. The number of aryl methyl sites for hydroxylation is 1. The molecule has 0 aliphatic rings. The van der Waals surface area contributed by atoms with Gasteiger partial charge in [0.1, 0.15) is 0 Å². The Morgan fingerprint density at radius 1 is 1.14 bits per heavy atom. The smallest absolute Gasteiger partial charge is 0.242 e. The maximum atomic E-state index is 13.2. The summed E-state index contributed by atoms with van der Waals surface area (Å²) in [5, 5.41) is 8.94. The SMILES string of the molecule is Cc1c(C(=O)c2ccc(S(=O)(=O)N(C)C)cc2)c2ccccn2c1CCC#N. The lowest BCUT2D eigenvalue weighted by Gasteiger charge is -2.11. The van der Waals surface area contributed by atoms with E-state index in [1.165, 1.54) is 26.2 Å². The lowest BCUT2D eigenvalue weighted by Crippen LogP contribution is -2.22. The van der Waals surface area contributed by atoms with Gasteiger partial charge in [-0.15, -0.1) is 0 Å². The second-order valence-corrected chi connectivity index (χ2v) is 8.85. The summed E-state index contributed by atoms with van der Waals surface area (Å²) >= 11 is 0. The van der Waals surface area contributed by atoms with E-state index in [0.717, 1.165) is 21.1 Å². The fraction of sp³-hybridized carbons (Fsp3) is 0.238. The van der Waals surface area contributed by atoms with Crippen LogP contribution in [0, 0.1) is 18.3 Å². The van der Waals surface area contributed by atoms with Crippen molar-refractivity contribution in [3.8, 4) is 6.07 Å². The molecule has 0 bridgehead atoms. The van der Waals surface area contributed by atoms with Crippen LogP contribution in [0.2, 0.25) is 0 Å². The molecule has 3 aromatic rings. The number of carbonyl (C=O) groups excluding carboxylic acids is 1. The summed E-state index contributed by atoms with van der Waals surface area (Å²) in [5.41, 5.74) is 3.56. The van der Waals surface area contributed by atoms with Crippen LogP contribution < -0.4 is 0 Å². The Bertz CT molecular complexity index is 1180. The number of benzene rings is 1. The van der Waals surface area contributed by atoms with Gasteiger partial charge in [-0.05, 0) is 48.9 Å². The zero-order valence-electron chi connectivity index (χ0n) is 16.0. The molecular formula is C21H21N3O3S. The van der Waals surface area contributed by atoms with Gasteiger partial charge < -0.3 is 4.40 Å². The largest absolute Gasteiger partial charge is 0.320 e. The van der Waals surface area contributed by atoms with E-state index >= 15 is 0 Å². The van der Waals surface area contributed by atoms with Crippen LogP contribution in [0.15, 0.2) is 53.6 Å². The van der Waals surface area contributed by atoms with E-state index in [0.29, 0.717) is 24.0 Å². The van der Waals surface area contributed by atoms with Crippen LogP contribution in [-0.4, -0.2) is 37.0 Å². The molecule has 0 unspecified atom stereocenters. The Morgan fingerprint density at radius 2 is 1.82 bits per heavy atom. The number of nitriles is 1. The molecule has 0 fully saturated rings. The Balaban J connectivity index is 2.07. The molecule has 1 aromatic carbocycles. The molecule has 0 atom stereocenters. The lowest BCUT2D eigenvalue weighted by atomic mass is 9.99. The molecule has 0 aliphatic heterocycles. The van der Waals surface area contributed by atoms with Crippen LogP contribution in [0.5, 0.6) is 0 Å². The highest BCUT2D eigenvalue weighted by molar-refractivity contribution is 7.89. The zero-order chi connectivity index (χ0) is 20.5. The number of carbonyl (C=O) groups is 1. The Labute approximate surface area is 164 Å². The molecule has 0 amide bonds. The Morgan fingerprint density at radius 3 is 2.43 bits per heavy atom. The molecule has 0 aliphatic carbocycles. The third kappa shape index (κ3) is 3.33. The van der Waals surface area contributed by atoms with E-state index in [9.17, 15) is 13.2 Å². The standard InChI is InChI=1S/C21H21N3O3S/c1-15-18(8-6-13-22)24-14-5-4-7-19(24)20(15)21(25)16-9-11-17(12-10-16)28(26,27)23(2)3/h4-5,7,9-12,14H,6,8H2,1-3H3. The van der Waals surface area contributed by atoms with E-state index < -0.39 is 10.0 Å². The number of ketones is 1. The first kappa shape index (κ1) is 19.8. The predicted octanol–water partition coefficient (Wildman–Crippen LogP) is 3.19. The molecule has 3 rings (SSSR count). The molecule has 6 nitrogen and oxygen atoms in total. The molecule has 0 saturated heterocycles. The maximum Gasteiger partial charge on any atom is 0.242 e. The topological polar surface area (TPSA) is 82.7 Å². The van der Waals surface area contributed by atoms with Gasteiger partial charge >= 0.3 is 0 Å². The van der Waals surface area contributed by atoms with E-state index in [-0.39, 0.29) is 10.7 Å². The van der Waals surface area contributed by atoms with E-state index in [4.69, 9.17) is 5.26 Å².